The molecule has 2 aliphatic rings. The number of carbonyl (C=O) groups is 1. The molecule has 1 amide bonds. The van der Waals surface area contributed by atoms with Crippen LogP contribution in [0.3, 0.4) is 0 Å². The Morgan fingerprint density at radius 2 is 2.00 bits per heavy atom. The second-order valence-electron chi connectivity index (χ2n) is 9.74. The fourth-order valence-electron chi connectivity index (χ4n) is 5.40. The first kappa shape index (κ1) is 22.3. The molecule has 2 aliphatic heterocycles. The van der Waals surface area contributed by atoms with Crippen molar-refractivity contribution in [1.29, 1.82) is 0 Å². The lowest BCUT2D eigenvalue weighted by atomic mass is 10.0. The summed E-state index contributed by atoms with van der Waals surface area (Å²) >= 11 is 0. The van der Waals surface area contributed by atoms with E-state index in [0.717, 1.165) is 66.0 Å². The SMILES string of the molecule is CC(=O)N1CCCC(N2C=CC=C(Nc3cc(-c4ccc5ccn(C)c5c4)c4nccnc4c3)C2)C1. The first-order chi connectivity index (χ1) is 17.5. The summed E-state index contributed by atoms with van der Waals surface area (Å²) in [5.74, 6) is 0.160. The predicted octanol–water partition coefficient (Wildman–Crippen LogP) is 4.92. The molecule has 1 atom stereocenters. The summed E-state index contributed by atoms with van der Waals surface area (Å²) in [5.41, 5.74) is 7.21. The number of nitrogens with one attached hydrogen (secondary N) is 1. The van der Waals surface area contributed by atoms with E-state index in [1.165, 1.54) is 10.9 Å². The number of amides is 1. The molecule has 6 rings (SSSR count). The molecule has 1 N–H and O–H groups in total. The minimum Gasteiger partial charge on any atom is -0.367 e. The third-order valence-electron chi connectivity index (χ3n) is 7.32. The molecule has 4 aromatic rings. The van der Waals surface area contributed by atoms with Crippen molar-refractivity contribution < 1.29 is 4.79 Å². The summed E-state index contributed by atoms with van der Waals surface area (Å²) in [6.07, 6.45) is 14.1. The molecule has 0 aliphatic carbocycles. The van der Waals surface area contributed by atoms with Crippen LogP contribution >= 0.6 is 0 Å². The standard InChI is InChI=1S/C29H30N6O/c1-20(36)34-12-4-6-25(19-34)35-13-3-5-23(18-35)32-24-16-26(29-27(17-24)30-10-11-31-29)22-8-7-21-9-14-33(2)28(21)15-22/h3,5,7-11,13-17,25,32H,4,6,12,18-19H2,1-2H3. The maximum absolute atomic E-state index is 11.9. The van der Waals surface area contributed by atoms with Crippen LogP contribution in [0.15, 0.2) is 79.0 Å². The number of nitrogens with zero attached hydrogens (tertiary/aromatic N) is 5. The number of likely N-dealkylation sites (tertiary alicyclic amines) is 1. The third-order valence-corrected chi connectivity index (χ3v) is 7.32. The average molecular weight is 479 g/mol. The van der Waals surface area contributed by atoms with Gasteiger partial charge in [0.1, 0.15) is 0 Å². The molecule has 2 aromatic heterocycles. The lowest BCUT2D eigenvalue weighted by Crippen LogP contribution is -2.48. The van der Waals surface area contributed by atoms with Gasteiger partial charge in [-0.05, 0) is 66.4 Å². The van der Waals surface area contributed by atoms with E-state index in [1.807, 2.05) is 4.90 Å². The summed E-state index contributed by atoms with van der Waals surface area (Å²) < 4.78 is 2.14. The van der Waals surface area contributed by atoms with Crippen LogP contribution in [-0.4, -0.2) is 55.9 Å². The average Bonchev–Trinajstić information content (AvgIpc) is 3.28. The van der Waals surface area contributed by atoms with Gasteiger partial charge in [0.15, 0.2) is 0 Å². The number of benzene rings is 2. The maximum atomic E-state index is 11.9. The molecule has 1 saturated heterocycles. The lowest BCUT2D eigenvalue weighted by Gasteiger charge is -2.40. The van der Waals surface area contributed by atoms with Crippen LogP contribution in [0.5, 0.6) is 0 Å². The molecule has 4 heterocycles. The van der Waals surface area contributed by atoms with Crippen LogP contribution in [0.4, 0.5) is 5.69 Å². The quantitative estimate of drug-likeness (QED) is 0.451. The normalized spacial score (nSPS) is 18.1. The van der Waals surface area contributed by atoms with Crippen molar-refractivity contribution in [3.63, 3.8) is 0 Å². The smallest absolute Gasteiger partial charge is 0.219 e. The predicted molar refractivity (Wildman–Crippen MR) is 144 cm³/mol. The van der Waals surface area contributed by atoms with Gasteiger partial charge in [0, 0.05) is 74.2 Å². The molecule has 0 radical (unpaired) electrons. The highest BCUT2D eigenvalue weighted by Gasteiger charge is 2.26. The Labute approximate surface area is 210 Å². The molecule has 182 valence electrons. The van der Waals surface area contributed by atoms with Gasteiger partial charge < -0.3 is 19.7 Å². The number of fused-ring (bicyclic) bond motifs is 2. The largest absolute Gasteiger partial charge is 0.367 e. The van der Waals surface area contributed by atoms with Crippen molar-refractivity contribution in [2.75, 3.05) is 25.0 Å². The van der Waals surface area contributed by atoms with Gasteiger partial charge in [-0.15, -0.1) is 0 Å². The third kappa shape index (κ3) is 4.21. The van der Waals surface area contributed by atoms with E-state index < -0.39 is 0 Å². The molecule has 0 bridgehead atoms. The molecule has 1 fully saturated rings. The van der Waals surface area contributed by atoms with E-state index in [9.17, 15) is 4.79 Å². The number of anilines is 1. The Morgan fingerprint density at radius 3 is 2.89 bits per heavy atom. The molecule has 7 nitrogen and oxygen atoms in total. The van der Waals surface area contributed by atoms with E-state index in [2.05, 4.69) is 92.7 Å². The van der Waals surface area contributed by atoms with Crippen molar-refractivity contribution in [2.45, 2.75) is 25.8 Å². The summed E-state index contributed by atoms with van der Waals surface area (Å²) in [4.78, 5) is 25.5. The minimum atomic E-state index is 0.160. The fourth-order valence-corrected chi connectivity index (χ4v) is 5.40. The number of hydrogen-bond donors (Lipinski definition) is 1. The van der Waals surface area contributed by atoms with Gasteiger partial charge in [0.2, 0.25) is 5.91 Å². The zero-order valence-corrected chi connectivity index (χ0v) is 20.7. The Balaban J connectivity index is 1.29. The summed E-state index contributed by atoms with van der Waals surface area (Å²) in [6, 6.07) is 13.2. The van der Waals surface area contributed by atoms with Gasteiger partial charge in [-0.25, -0.2) is 0 Å². The topological polar surface area (TPSA) is 66.3 Å². The van der Waals surface area contributed by atoms with Gasteiger partial charge in [0.25, 0.3) is 0 Å². The maximum Gasteiger partial charge on any atom is 0.219 e. The van der Waals surface area contributed by atoms with Gasteiger partial charge in [-0.3, -0.25) is 14.8 Å². The van der Waals surface area contributed by atoms with Crippen LogP contribution in [0.25, 0.3) is 33.1 Å². The second kappa shape index (κ2) is 9.15. The van der Waals surface area contributed by atoms with Crippen LogP contribution in [0.1, 0.15) is 19.8 Å². The Morgan fingerprint density at radius 1 is 1.11 bits per heavy atom. The van der Waals surface area contributed by atoms with Gasteiger partial charge in [-0.1, -0.05) is 12.1 Å². The molecule has 7 heteroatoms. The number of piperidine rings is 1. The van der Waals surface area contributed by atoms with Crippen molar-refractivity contribution in [3.8, 4) is 11.1 Å². The molecule has 36 heavy (non-hydrogen) atoms. The van der Waals surface area contributed by atoms with E-state index in [1.54, 1.807) is 19.3 Å². The van der Waals surface area contributed by atoms with E-state index in [-0.39, 0.29) is 5.91 Å². The molecular formula is C29H30N6O. The van der Waals surface area contributed by atoms with E-state index >= 15 is 0 Å². The highest BCUT2D eigenvalue weighted by Crippen LogP contribution is 2.33. The van der Waals surface area contributed by atoms with Crippen molar-refractivity contribution in [1.82, 2.24) is 24.3 Å². The first-order valence-electron chi connectivity index (χ1n) is 12.5. The number of hydrogen-bond acceptors (Lipinski definition) is 5. The van der Waals surface area contributed by atoms with Crippen LogP contribution in [0, 0.1) is 0 Å². The van der Waals surface area contributed by atoms with Crippen LogP contribution in [0.2, 0.25) is 0 Å². The number of aromatic nitrogens is 3. The first-order valence-corrected chi connectivity index (χ1v) is 12.5. The zero-order chi connectivity index (χ0) is 24.6. The van der Waals surface area contributed by atoms with Crippen molar-refractivity contribution >= 4 is 33.5 Å². The van der Waals surface area contributed by atoms with Crippen LogP contribution < -0.4 is 5.32 Å². The zero-order valence-electron chi connectivity index (χ0n) is 20.7. The summed E-state index contributed by atoms with van der Waals surface area (Å²) in [7, 11) is 2.07. The van der Waals surface area contributed by atoms with Gasteiger partial charge >= 0.3 is 0 Å². The second-order valence-corrected chi connectivity index (χ2v) is 9.74. The van der Waals surface area contributed by atoms with Gasteiger partial charge in [0.05, 0.1) is 17.6 Å². The van der Waals surface area contributed by atoms with Crippen LogP contribution in [-0.2, 0) is 11.8 Å². The number of carbonyl (C=O) groups excluding carboxylic acids is 1. The summed E-state index contributed by atoms with van der Waals surface area (Å²) in [5, 5.41) is 4.86. The molecule has 0 spiro atoms. The number of allylic oxidation sites excluding steroid dienone is 2. The minimum absolute atomic E-state index is 0.160. The van der Waals surface area contributed by atoms with Crippen molar-refractivity contribution in [3.05, 3.63) is 79.0 Å². The van der Waals surface area contributed by atoms with E-state index in [4.69, 9.17) is 0 Å². The highest BCUT2D eigenvalue weighted by atomic mass is 16.2. The van der Waals surface area contributed by atoms with E-state index in [0.29, 0.717) is 6.04 Å². The Kier molecular flexibility index (Phi) is 5.68. The fraction of sp³-hybridized carbons (Fsp3) is 0.276. The monoisotopic (exact) mass is 478 g/mol. The van der Waals surface area contributed by atoms with Gasteiger partial charge in [-0.2, -0.15) is 0 Å². The number of rotatable bonds is 4. The molecule has 1 unspecified atom stereocenters. The molecule has 0 saturated carbocycles. The molecular weight excluding hydrogens is 448 g/mol. The highest BCUT2D eigenvalue weighted by molar-refractivity contribution is 5.97. The Bertz CT molecular complexity index is 1520. The Hall–Kier alpha value is -4.13. The molecule has 2 aromatic carbocycles. The lowest BCUT2D eigenvalue weighted by molar-refractivity contribution is -0.130. The summed E-state index contributed by atoms with van der Waals surface area (Å²) in [6.45, 7) is 4.08. The van der Waals surface area contributed by atoms with Crippen molar-refractivity contribution in [2.24, 2.45) is 7.05 Å². The number of aryl methyl sites for hydroxylation is 1.